The van der Waals surface area contributed by atoms with Crippen LogP contribution in [0.15, 0.2) is 42.5 Å². The van der Waals surface area contributed by atoms with Gasteiger partial charge in [0, 0.05) is 6.54 Å². The van der Waals surface area contributed by atoms with Crippen molar-refractivity contribution < 1.29 is 9.59 Å². The summed E-state index contributed by atoms with van der Waals surface area (Å²) in [5.41, 5.74) is 1.67. The summed E-state index contributed by atoms with van der Waals surface area (Å²) in [4.78, 5) is 26.1. The van der Waals surface area contributed by atoms with E-state index in [4.69, 9.17) is 0 Å². The Bertz CT molecular complexity index is 510. The molecule has 0 aliphatic carbocycles. The minimum Gasteiger partial charge on any atom is -0.339 e. The Balaban J connectivity index is 2.29. The van der Waals surface area contributed by atoms with Crippen LogP contribution in [0.4, 0.5) is 0 Å². The Morgan fingerprint density at radius 3 is 2.53 bits per heavy atom. The second kappa shape index (κ2) is 5.26. The summed E-state index contributed by atoms with van der Waals surface area (Å²) in [6, 6.07) is 8.24. The second-order valence-corrected chi connectivity index (χ2v) is 4.95. The molecule has 100 valence electrons. The maximum Gasteiger partial charge on any atom is 0.250 e. The Morgan fingerprint density at radius 2 is 1.95 bits per heavy atom. The zero-order chi connectivity index (χ0) is 14.0. The fourth-order valence-electron chi connectivity index (χ4n) is 2.20. The molecule has 0 radical (unpaired) electrons. The highest BCUT2D eigenvalue weighted by Gasteiger charge is 2.38. The first kappa shape index (κ1) is 13.3. The van der Waals surface area contributed by atoms with Gasteiger partial charge in [0.15, 0.2) is 0 Å². The van der Waals surface area contributed by atoms with Crippen molar-refractivity contribution in [3.8, 4) is 0 Å². The molecule has 19 heavy (non-hydrogen) atoms. The van der Waals surface area contributed by atoms with Gasteiger partial charge in [-0.3, -0.25) is 9.59 Å². The van der Waals surface area contributed by atoms with Crippen molar-refractivity contribution in [3.05, 3.63) is 48.0 Å². The van der Waals surface area contributed by atoms with Gasteiger partial charge >= 0.3 is 0 Å². The van der Waals surface area contributed by atoms with Gasteiger partial charge in [0.2, 0.25) is 5.91 Å². The molecule has 0 spiro atoms. The normalized spacial score (nSPS) is 23.2. The van der Waals surface area contributed by atoms with Gasteiger partial charge in [-0.2, -0.15) is 0 Å². The SMILES string of the molecule is C=C(C)CN1C(=O)C(c2ccccc2)NC(=O)C1C. The van der Waals surface area contributed by atoms with Crippen LogP contribution < -0.4 is 5.32 Å². The molecule has 0 bridgehead atoms. The lowest BCUT2D eigenvalue weighted by molar-refractivity contribution is -0.148. The van der Waals surface area contributed by atoms with Gasteiger partial charge in [-0.05, 0) is 19.4 Å². The Morgan fingerprint density at radius 1 is 1.32 bits per heavy atom. The summed E-state index contributed by atoms with van der Waals surface area (Å²) in [6.07, 6.45) is 0. The van der Waals surface area contributed by atoms with Crippen LogP contribution in [0.3, 0.4) is 0 Å². The third-order valence-corrected chi connectivity index (χ3v) is 3.24. The molecule has 2 atom stereocenters. The maximum atomic E-state index is 12.5. The molecule has 1 aliphatic rings. The summed E-state index contributed by atoms with van der Waals surface area (Å²) in [6.45, 7) is 7.81. The molecular weight excluding hydrogens is 240 g/mol. The predicted molar refractivity (Wildman–Crippen MR) is 73.3 cm³/mol. The van der Waals surface area contributed by atoms with E-state index in [1.165, 1.54) is 0 Å². The molecule has 1 saturated heterocycles. The summed E-state index contributed by atoms with van der Waals surface area (Å²) in [7, 11) is 0. The molecule has 4 nitrogen and oxygen atoms in total. The van der Waals surface area contributed by atoms with Crippen LogP contribution in [0.25, 0.3) is 0 Å². The molecule has 0 saturated carbocycles. The van der Waals surface area contributed by atoms with E-state index in [1.807, 2.05) is 37.3 Å². The van der Waals surface area contributed by atoms with Gasteiger partial charge in [0.05, 0.1) is 0 Å². The number of carbonyl (C=O) groups excluding carboxylic acids is 2. The number of nitrogens with zero attached hydrogens (tertiary/aromatic N) is 1. The summed E-state index contributed by atoms with van der Waals surface area (Å²) in [5.74, 6) is -0.212. The monoisotopic (exact) mass is 258 g/mol. The van der Waals surface area contributed by atoms with Crippen molar-refractivity contribution in [1.82, 2.24) is 10.2 Å². The fraction of sp³-hybridized carbons (Fsp3) is 0.333. The minimum absolute atomic E-state index is 0.0821. The van der Waals surface area contributed by atoms with Gasteiger partial charge in [0.25, 0.3) is 5.91 Å². The van der Waals surface area contributed by atoms with Crippen molar-refractivity contribution in [2.45, 2.75) is 25.9 Å². The summed E-state index contributed by atoms with van der Waals surface area (Å²) < 4.78 is 0. The first-order valence-electron chi connectivity index (χ1n) is 6.31. The number of piperazine rings is 1. The van der Waals surface area contributed by atoms with Crippen molar-refractivity contribution in [2.24, 2.45) is 0 Å². The van der Waals surface area contributed by atoms with Crippen molar-refractivity contribution >= 4 is 11.8 Å². The predicted octanol–water partition coefficient (Wildman–Crippen LogP) is 1.65. The molecule has 1 N–H and O–H groups in total. The first-order chi connectivity index (χ1) is 9.00. The van der Waals surface area contributed by atoms with Crippen LogP contribution in [0.5, 0.6) is 0 Å². The first-order valence-corrected chi connectivity index (χ1v) is 6.31. The average Bonchev–Trinajstić information content (AvgIpc) is 2.39. The number of hydrogen-bond donors (Lipinski definition) is 1. The zero-order valence-electron chi connectivity index (χ0n) is 11.2. The van der Waals surface area contributed by atoms with Crippen LogP contribution in [0.2, 0.25) is 0 Å². The van der Waals surface area contributed by atoms with E-state index in [2.05, 4.69) is 11.9 Å². The smallest absolute Gasteiger partial charge is 0.250 e. The van der Waals surface area contributed by atoms with E-state index in [0.29, 0.717) is 6.54 Å². The number of carbonyl (C=O) groups is 2. The lowest BCUT2D eigenvalue weighted by Gasteiger charge is -2.37. The zero-order valence-corrected chi connectivity index (χ0v) is 11.2. The van der Waals surface area contributed by atoms with Crippen molar-refractivity contribution in [2.75, 3.05) is 6.54 Å². The Kier molecular flexibility index (Phi) is 3.69. The Hall–Kier alpha value is -2.10. The maximum absolute atomic E-state index is 12.5. The van der Waals surface area contributed by atoms with Crippen molar-refractivity contribution in [1.29, 1.82) is 0 Å². The summed E-state index contributed by atoms with van der Waals surface area (Å²) in [5, 5.41) is 2.78. The van der Waals surface area contributed by atoms with Crippen LogP contribution in [0.1, 0.15) is 25.5 Å². The molecule has 1 aliphatic heterocycles. The third kappa shape index (κ3) is 2.67. The average molecular weight is 258 g/mol. The van der Waals surface area contributed by atoms with Crippen LogP contribution in [-0.2, 0) is 9.59 Å². The van der Waals surface area contributed by atoms with Gasteiger partial charge in [0.1, 0.15) is 12.1 Å². The van der Waals surface area contributed by atoms with Gasteiger partial charge in [-0.1, -0.05) is 42.5 Å². The van der Waals surface area contributed by atoms with E-state index in [9.17, 15) is 9.59 Å². The molecular formula is C15H18N2O2. The molecule has 2 unspecified atom stereocenters. The molecule has 2 rings (SSSR count). The Labute approximate surface area is 113 Å². The number of rotatable bonds is 3. The lowest BCUT2D eigenvalue weighted by Crippen LogP contribution is -2.58. The van der Waals surface area contributed by atoms with Crippen LogP contribution >= 0.6 is 0 Å². The number of nitrogens with one attached hydrogen (secondary N) is 1. The molecule has 1 aromatic carbocycles. The number of amides is 2. The van der Waals surface area contributed by atoms with Crippen LogP contribution in [0, 0.1) is 0 Å². The van der Waals surface area contributed by atoms with E-state index < -0.39 is 12.1 Å². The largest absolute Gasteiger partial charge is 0.339 e. The topological polar surface area (TPSA) is 49.4 Å². The lowest BCUT2D eigenvalue weighted by atomic mass is 10.0. The third-order valence-electron chi connectivity index (χ3n) is 3.24. The van der Waals surface area contributed by atoms with E-state index in [1.54, 1.807) is 11.8 Å². The molecule has 1 aromatic rings. The highest BCUT2D eigenvalue weighted by molar-refractivity contribution is 5.97. The molecule has 0 aromatic heterocycles. The van der Waals surface area contributed by atoms with E-state index in [0.717, 1.165) is 11.1 Å². The van der Waals surface area contributed by atoms with Crippen LogP contribution in [-0.4, -0.2) is 29.3 Å². The summed E-state index contributed by atoms with van der Waals surface area (Å²) >= 11 is 0. The van der Waals surface area contributed by atoms with Crippen molar-refractivity contribution in [3.63, 3.8) is 0 Å². The standard InChI is InChI=1S/C15H18N2O2/c1-10(2)9-17-11(3)14(18)16-13(15(17)19)12-7-5-4-6-8-12/h4-8,11,13H,1,9H2,2-3H3,(H,16,18). The van der Waals surface area contributed by atoms with E-state index >= 15 is 0 Å². The number of benzene rings is 1. The molecule has 1 fully saturated rings. The minimum atomic E-state index is -0.593. The molecule has 1 heterocycles. The quantitative estimate of drug-likeness (QED) is 0.838. The molecule has 4 heteroatoms. The van der Waals surface area contributed by atoms with E-state index in [-0.39, 0.29) is 11.8 Å². The molecule has 2 amide bonds. The number of hydrogen-bond acceptors (Lipinski definition) is 2. The highest BCUT2D eigenvalue weighted by atomic mass is 16.2. The van der Waals surface area contributed by atoms with Gasteiger partial charge in [-0.15, -0.1) is 0 Å². The second-order valence-electron chi connectivity index (χ2n) is 4.95. The van der Waals surface area contributed by atoms with Gasteiger partial charge < -0.3 is 10.2 Å². The highest BCUT2D eigenvalue weighted by Crippen LogP contribution is 2.22. The van der Waals surface area contributed by atoms with Gasteiger partial charge in [-0.25, -0.2) is 0 Å². The fourth-order valence-corrected chi connectivity index (χ4v) is 2.20.